The standard InChI is InChI=1S/C23H23FN2O3/c24-16-4-6-20-19(11-16)21(23(28)25-20)22-18-5-3-14(10-15(18)13-29-22)7-9-26-8-1-2-17(26)12-27/h3-6,10-11,17,27H,1-2,7-9,12-13H2,(H,25,28)/b22-21+/t17-/m0/s1. The number of carbonyl (C=O) groups is 1. The highest BCUT2D eigenvalue weighted by atomic mass is 19.1. The molecule has 0 unspecified atom stereocenters. The topological polar surface area (TPSA) is 61.8 Å². The number of hydrogen-bond donors (Lipinski definition) is 2. The Labute approximate surface area is 168 Å². The van der Waals surface area contributed by atoms with E-state index in [4.69, 9.17) is 4.74 Å². The first-order valence-corrected chi connectivity index (χ1v) is 10.1. The summed E-state index contributed by atoms with van der Waals surface area (Å²) in [6, 6.07) is 10.8. The molecule has 0 aromatic heterocycles. The number of aliphatic hydroxyl groups excluding tert-OH is 1. The molecule has 1 saturated heterocycles. The quantitative estimate of drug-likeness (QED) is 0.782. The van der Waals surface area contributed by atoms with Gasteiger partial charge in [-0.05, 0) is 49.6 Å². The third kappa shape index (κ3) is 3.22. The number of ether oxygens (including phenoxy) is 1. The number of likely N-dealkylation sites (tertiary alicyclic amines) is 1. The Morgan fingerprint density at radius 2 is 2.10 bits per heavy atom. The molecule has 3 aliphatic heterocycles. The van der Waals surface area contributed by atoms with Crippen molar-refractivity contribution in [3.8, 4) is 0 Å². The summed E-state index contributed by atoms with van der Waals surface area (Å²) in [5, 5.41) is 12.3. The van der Waals surface area contributed by atoms with Crippen LogP contribution in [0.2, 0.25) is 0 Å². The van der Waals surface area contributed by atoms with Crippen LogP contribution in [0.5, 0.6) is 0 Å². The molecule has 2 aromatic carbocycles. The van der Waals surface area contributed by atoms with E-state index in [9.17, 15) is 14.3 Å². The summed E-state index contributed by atoms with van der Waals surface area (Å²) >= 11 is 0. The van der Waals surface area contributed by atoms with Gasteiger partial charge < -0.3 is 15.2 Å². The molecule has 1 atom stereocenters. The SMILES string of the molecule is O=C1Nc2ccc(F)cc2/C1=C1\OCc2cc(CCN3CCC[C@H]3CO)ccc21. The second-order valence-electron chi connectivity index (χ2n) is 7.89. The van der Waals surface area contributed by atoms with Gasteiger partial charge in [-0.25, -0.2) is 4.39 Å². The smallest absolute Gasteiger partial charge is 0.260 e. The Kier molecular flexibility index (Phi) is 4.60. The highest BCUT2D eigenvalue weighted by Crippen LogP contribution is 2.42. The maximum absolute atomic E-state index is 13.7. The van der Waals surface area contributed by atoms with Crippen LogP contribution in [0.3, 0.4) is 0 Å². The molecular formula is C23H23FN2O3. The summed E-state index contributed by atoms with van der Waals surface area (Å²) in [5.74, 6) is -0.120. The lowest BCUT2D eigenvalue weighted by Crippen LogP contribution is -2.33. The van der Waals surface area contributed by atoms with Crippen molar-refractivity contribution >= 4 is 22.9 Å². The summed E-state index contributed by atoms with van der Waals surface area (Å²) in [6.07, 6.45) is 3.12. The van der Waals surface area contributed by atoms with Crippen LogP contribution in [0.4, 0.5) is 10.1 Å². The molecular weight excluding hydrogens is 371 g/mol. The van der Waals surface area contributed by atoms with Gasteiger partial charge in [0, 0.05) is 35.0 Å². The van der Waals surface area contributed by atoms with Crippen molar-refractivity contribution in [2.24, 2.45) is 0 Å². The molecule has 0 aliphatic carbocycles. The maximum Gasteiger partial charge on any atom is 0.260 e. The molecule has 2 N–H and O–H groups in total. The van der Waals surface area contributed by atoms with E-state index in [0.29, 0.717) is 29.2 Å². The highest BCUT2D eigenvalue weighted by molar-refractivity contribution is 6.36. The fourth-order valence-corrected chi connectivity index (χ4v) is 4.61. The first-order chi connectivity index (χ1) is 14.1. The van der Waals surface area contributed by atoms with Crippen molar-refractivity contribution in [1.29, 1.82) is 0 Å². The first kappa shape index (κ1) is 18.3. The summed E-state index contributed by atoms with van der Waals surface area (Å²) in [5.41, 5.74) is 4.70. The number of nitrogens with one attached hydrogen (secondary N) is 1. The third-order valence-electron chi connectivity index (χ3n) is 6.14. The van der Waals surface area contributed by atoms with Crippen molar-refractivity contribution in [2.45, 2.75) is 31.9 Å². The summed E-state index contributed by atoms with van der Waals surface area (Å²) in [6.45, 7) is 2.59. The Morgan fingerprint density at radius 3 is 2.97 bits per heavy atom. The zero-order valence-electron chi connectivity index (χ0n) is 16.1. The molecule has 5 rings (SSSR count). The Balaban J connectivity index is 1.41. The van der Waals surface area contributed by atoms with Gasteiger partial charge in [0.25, 0.3) is 5.91 Å². The predicted octanol–water partition coefficient (Wildman–Crippen LogP) is 3.18. The number of hydrogen-bond acceptors (Lipinski definition) is 4. The largest absolute Gasteiger partial charge is 0.487 e. The van der Waals surface area contributed by atoms with Crippen LogP contribution in [0, 0.1) is 5.82 Å². The highest BCUT2D eigenvalue weighted by Gasteiger charge is 2.33. The number of halogens is 1. The normalized spacial score (nSPS) is 23.1. The molecule has 1 fully saturated rings. The van der Waals surface area contributed by atoms with Gasteiger partial charge in [-0.2, -0.15) is 0 Å². The predicted molar refractivity (Wildman–Crippen MR) is 108 cm³/mol. The van der Waals surface area contributed by atoms with Gasteiger partial charge in [-0.1, -0.05) is 18.2 Å². The van der Waals surface area contributed by atoms with Gasteiger partial charge in [0.2, 0.25) is 0 Å². The molecule has 0 bridgehead atoms. The van der Waals surface area contributed by atoms with Crippen molar-refractivity contribution in [3.63, 3.8) is 0 Å². The van der Waals surface area contributed by atoms with Crippen LogP contribution in [0.1, 0.15) is 35.1 Å². The molecule has 1 amide bonds. The molecule has 29 heavy (non-hydrogen) atoms. The second-order valence-corrected chi connectivity index (χ2v) is 7.89. The number of rotatable bonds is 4. The Hall–Kier alpha value is -2.70. The summed E-state index contributed by atoms with van der Waals surface area (Å²) in [4.78, 5) is 14.9. The van der Waals surface area contributed by atoms with Crippen molar-refractivity contribution in [1.82, 2.24) is 4.90 Å². The van der Waals surface area contributed by atoms with E-state index in [1.54, 1.807) is 6.07 Å². The van der Waals surface area contributed by atoms with Crippen LogP contribution >= 0.6 is 0 Å². The van der Waals surface area contributed by atoms with E-state index in [2.05, 4.69) is 22.3 Å². The molecule has 6 heteroatoms. The first-order valence-electron chi connectivity index (χ1n) is 10.1. The van der Waals surface area contributed by atoms with Crippen LogP contribution in [-0.4, -0.2) is 41.7 Å². The van der Waals surface area contributed by atoms with Crippen LogP contribution in [0.15, 0.2) is 36.4 Å². The van der Waals surface area contributed by atoms with Gasteiger partial charge in [0.05, 0.1) is 12.2 Å². The average molecular weight is 394 g/mol. The lowest BCUT2D eigenvalue weighted by Gasteiger charge is -2.22. The van der Waals surface area contributed by atoms with Gasteiger partial charge in [-0.3, -0.25) is 9.69 Å². The molecule has 5 nitrogen and oxygen atoms in total. The number of anilines is 1. The maximum atomic E-state index is 13.7. The molecule has 150 valence electrons. The van der Waals surface area contributed by atoms with E-state index < -0.39 is 0 Å². The average Bonchev–Trinajstić information content (AvgIpc) is 3.42. The molecule has 3 heterocycles. The fraction of sp³-hybridized carbons (Fsp3) is 0.348. The van der Waals surface area contributed by atoms with Crippen molar-refractivity contribution < 1.29 is 19.0 Å². The molecule has 0 spiro atoms. The number of carbonyl (C=O) groups excluding carboxylic acids is 1. The minimum absolute atomic E-state index is 0.221. The Bertz CT molecular complexity index is 1020. The van der Waals surface area contributed by atoms with E-state index in [1.807, 2.05) is 6.07 Å². The monoisotopic (exact) mass is 394 g/mol. The zero-order chi connectivity index (χ0) is 20.0. The van der Waals surface area contributed by atoms with E-state index in [-0.39, 0.29) is 24.4 Å². The lowest BCUT2D eigenvalue weighted by molar-refractivity contribution is -0.110. The molecule has 2 aromatic rings. The summed E-state index contributed by atoms with van der Waals surface area (Å²) in [7, 11) is 0. The minimum Gasteiger partial charge on any atom is -0.487 e. The minimum atomic E-state index is -0.380. The van der Waals surface area contributed by atoms with Crippen LogP contribution < -0.4 is 5.32 Å². The van der Waals surface area contributed by atoms with Crippen molar-refractivity contribution in [3.05, 3.63) is 64.5 Å². The van der Waals surface area contributed by atoms with E-state index >= 15 is 0 Å². The van der Waals surface area contributed by atoms with Gasteiger partial charge in [0.1, 0.15) is 18.2 Å². The van der Waals surface area contributed by atoms with Gasteiger partial charge in [0.15, 0.2) is 0 Å². The second kappa shape index (κ2) is 7.28. The number of aliphatic hydroxyl groups is 1. The lowest BCUT2D eigenvalue weighted by atomic mass is 9.98. The summed E-state index contributed by atoms with van der Waals surface area (Å²) < 4.78 is 19.6. The van der Waals surface area contributed by atoms with Crippen molar-refractivity contribution in [2.75, 3.05) is 25.0 Å². The number of fused-ring (bicyclic) bond motifs is 2. The molecule has 0 saturated carbocycles. The molecule has 0 radical (unpaired) electrons. The van der Waals surface area contributed by atoms with E-state index in [1.165, 1.54) is 17.7 Å². The number of amides is 1. The Morgan fingerprint density at radius 1 is 1.21 bits per heavy atom. The fourth-order valence-electron chi connectivity index (χ4n) is 4.61. The van der Waals surface area contributed by atoms with Gasteiger partial charge in [-0.15, -0.1) is 0 Å². The van der Waals surface area contributed by atoms with E-state index in [0.717, 1.165) is 43.5 Å². The molecule has 3 aliphatic rings. The zero-order valence-corrected chi connectivity index (χ0v) is 16.1. The third-order valence-corrected chi connectivity index (χ3v) is 6.14. The van der Waals surface area contributed by atoms with Gasteiger partial charge >= 0.3 is 0 Å². The van der Waals surface area contributed by atoms with Crippen LogP contribution in [0.25, 0.3) is 11.3 Å². The number of nitrogens with zero attached hydrogens (tertiary/aromatic N) is 1. The van der Waals surface area contributed by atoms with Crippen LogP contribution in [-0.2, 0) is 22.6 Å². The number of benzene rings is 2.